The lowest BCUT2D eigenvalue weighted by molar-refractivity contribution is 0.0601. The number of aryl methyl sites for hydroxylation is 1. The van der Waals surface area contributed by atoms with E-state index in [1.165, 1.54) is 18.4 Å². The lowest BCUT2D eigenvalue weighted by Gasteiger charge is -2.08. The van der Waals surface area contributed by atoms with Crippen LogP contribution in [0.1, 0.15) is 32.8 Å². The average Bonchev–Trinajstić information content (AvgIpc) is 3.14. The van der Waals surface area contributed by atoms with Crippen molar-refractivity contribution in [2.24, 2.45) is 0 Å². The number of hydrogen-bond donors (Lipinski definition) is 2. The molecule has 0 aliphatic heterocycles. The minimum atomic E-state index is -0.396. The van der Waals surface area contributed by atoms with Crippen LogP contribution < -0.4 is 10.6 Å². The number of methoxy groups -OCH3 is 1. The van der Waals surface area contributed by atoms with Gasteiger partial charge in [-0.3, -0.25) is 10.3 Å². The van der Waals surface area contributed by atoms with Crippen molar-refractivity contribution in [1.82, 2.24) is 10.3 Å². The Morgan fingerprint density at radius 3 is 3.00 bits per heavy atom. The zero-order valence-electron chi connectivity index (χ0n) is 12.7. The molecule has 0 atom stereocenters. The van der Waals surface area contributed by atoms with E-state index in [4.69, 9.17) is 4.74 Å². The Morgan fingerprint density at radius 2 is 2.26 bits per heavy atom. The topological polar surface area (TPSA) is 80.3 Å². The molecule has 1 aliphatic rings. The first-order chi connectivity index (χ1) is 11.2. The fourth-order valence-corrected chi connectivity index (χ4v) is 3.92. The number of urea groups is 1. The molecule has 0 aromatic carbocycles. The van der Waals surface area contributed by atoms with Gasteiger partial charge in [-0.15, -0.1) is 11.3 Å². The zero-order valence-corrected chi connectivity index (χ0v) is 13.5. The first kappa shape index (κ1) is 15.5. The minimum absolute atomic E-state index is 0.348. The van der Waals surface area contributed by atoms with Crippen molar-refractivity contribution in [3.63, 3.8) is 0 Å². The highest BCUT2D eigenvalue weighted by molar-refractivity contribution is 7.17. The van der Waals surface area contributed by atoms with Crippen LogP contribution >= 0.6 is 11.3 Å². The Labute approximate surface area is 137 Å². The molecule has 6 nitrogen and oxygen atoms in total. The molecular weight excluding hydrogens is 314 g/mol. The van der Waals surface area contributed by atoms with Gasteiger partial charge in [0.2, 0.25) is 0 Å². The van der Waals surface area contributed by atoms with Crippen LogP contribution in [0.25, 0.3) is 0 Å². The van der Waals surface area contributed by atoms with E-state index in [2.05, 4.69) is 15.6 Å². The molecule has 1 aliphatic carbocycles. The molecule has 0 bridgehead atoms. The molecule has 120 valence electrons. The quantitative estimate of drug-likeness (QED) is 0.844. The molecule has 2 aromatic heterocycles. The molecule has 0 unspecified atom stereocenters. The zero-order chi connectivity index (χ0) is 16.2. The maximum absolute atomic E-state index is 12.1. The Hall–Kier alpha value is -2.41. The molecule has 0 saturated heterocycles. The van der Waals surface area contributed by atoms with Gasteiger partial charge in [-0.25, -0.2) is 9.59 Å². The molecule has 2 amide bonds. The van der Waals surface area contributed by atoms with Gasteiger partial charge in [0.1, 0.15) is 5.00 Å². The Bertz CT molecular complexity index is 728. The highest BCUT2D eigenvalue weighted by Crippen LogP contribution is 2.39. The van der Waals surface area contributed by atoms with Crippen molar-refractivity contribution >= 4 is 28.3 Å². The Kier molecular flexibility index (Phi) is 4.57. The third kappa shape index (κ3) is 3.34. The van der Waals surface area contributed by atoms with E-state index in [9.17, 15) is 9.59 Å². The van der Waals surface area contributed by atoms with Gasteiger partial charge in [0.15, 0.2) is 0 Å². The normalized spacial score (nSPS) is 12.6. The molecular formula is C16H17N3O3S. The molecule has 0 fully saturated rings. The number of aromatic nitrogens is 1. The van der Waals surface area contributed by atoms with E-state index < -0.39 is 5.97 Å². The smallest absolute Gasteiger partial charge is 0.341 e. The fraction of sp³-hybridized carbons (Fsp3) is 0.312. The van der Waals surface area contributed by atoms with Crippen molar-refractivity contribution in [3.8, 4) is 0 Å². The third-order valence-electron chi connectivity index (χ3n) is 3.71. The van der Waals surface area contributed by atoms with E-state index in [0.717, 1.165) is 35.3 Å². The molecule has 2 N–H and O–H groups in total. The van der Waals surface area contributed by atoms with Gasteiger partial charge >= 0.3 is 12.0 Å². The van der Waals surface area contributed by atoms with Crippen molar-refractivity contribution in [2.75, 3.05) is 12.4 Å². The number of anilines is 1. The lowest BCUT2D eigenvalue weighted by Crippen LogP contribution is -2.28. The predicted molar refractivity (Wildman–Crippen MR) is 87.8 cm³/mol. The van der Waals surface area contributed by atoms with Gasteiger partial charge < -0.3 is 10.1 Å². The molecule has 0 radical (unpaired) electrons. The second-order valence-electron chi connectivity index (χ2n) is 5.22. The van der Waals surface area contributed by atoms with Crippen LogP contribution in [0.5, 0.6) is 0 Å². The van der Waals surface area contributed by atoms with Crippen molar-refractivity contribution in [1.29, 1.82) is 0 Å². The van der Waals surface area contributed by atoms with E-state index in [1.807, 2.05) is 12.1 Å². The minimum Gasteiger partial charge on any atom is -0.465 e. The van der Waals surface area contributed by atoms with Crippen molar-refractivity contribution in [2.45, 2.75) is 25.8 Å². The first-order valence-corrected chi connectivity index (χ1v) is 8.17. The molecule has 23 heavy (non-hydrogen) atoms. The van der Waals surface area contributed by atoms with Crippen LogP contribution in [0, 0.1) is 0 Å². The van der Waals surface area contributed by atoms with Gasteiger partial charge in [-0.2, -0.15) is 0 Å². The second kappa shape index (κ2) is 6.78. The number of thiophene rings is 1. The van der Waals surface area contributed by atoms with Crippen molar-refractivity contribution in [3.05, 3.63) is 46.1 Å². The fourth-order valence-electron chi connectivity index (χ4n) is 2.64. The summed E-state index contributed by atoms with van der Waals surface area (Å²) in [5, 5.41) is 6.09. The van der Waals surface area contributed by atoms with Crippen LogP contribution in [-0.4, -0.2) is 24.1 Å². The summed E-state index contributed by atoms with van der Waals surface area (Å²) in [5.41, 5.74) is 2.43. The summed E-state index contributed by atoms with van der Waals surface area (Å²) in [4.78, 5) is 29.3. The summed E-state index contributed by atoms with van der Waals surface area (Å²) in [6.07, 6.45) is 6.22. The largest absolute Gasteiger partial charge is 0.465 e. The third-order valence-corrected chi connectivity index (χ3v) is 4.92. The first-order valence-electron chi connectivity index (χ1n) is 7.35. The molecule has 2 aromatic rings. The number of amides is 2. The standard InChI is InChI=1S/C16H17N3O3S/c1-22-15(20)13-11-5-2-6-12(11)23-14(13)19-16(21)18-9-10-4-3-7-17-8-10/h3-4,7-8H,2,5-6,9H2,1H3,(H2,18,19,21). The Morgan fingerprint density at radius 1 is 1.39 bits per heavy atom. The predicted octanol–water partition coefficient (Wildman–Crippen LogP) is 2.74. The lowest BCUT2D eigenvalue weighted by atomic mass is 10.1. The van der Waals surface area contributed by atoms with Crippen LogP contribution in [0.15, 0.2) is 24.5 Å². The van der Waals surface area contributed by atoms with E-state index >= 15 is 0 Å². The van der Waals surface area contributed by atoms with Gasteiger partial charge in [0.25, 0.3) is 0 Å². The number of rotatable bonds is 4. The van der Waals surface area contributed by atoms with Crippen LogP contribution in [0.2, 0.25) is 0 Å². The average molecular weight is 331 g/mol. The van der Waals surface area contributed by atoms with Gasteiger partial charge in [-0.05, 0) is 36.5 Å². The number of ether oxygens (including phenoxy) is 1. The summed E-state index contributed by atoms with van der Waals surface area (Å²) in [5.74, 6) is -0.396. The van der Waals surface area contributed by atoms with Crippen molar-refractivity contribution < 1.29 is 14.3 Å². The number of carbonyl (C=O) groups excluding carboxylic acids is 2. The van der Waals surface area contributed by atoms with Gasteiger partial charge in [0.05, 0.1) is 12.7 Å². The van der Waals surface area contributed by atoms with Crippen LogP contribution in [-0.2, 0) is 24.1 Å². The Balaban J connectivity index is 1.70. The number of nitrogens with zero attached hydrogens (tertiary/aromatic N) is 1. The number of nitrogens with one attached hydrogen (secondary N) is 2. The number of hydrogen-bond acceptors (Lipinski definition) is 5. The number of fused-ring (bicyclic) bond motifs is 1. The summed E-state index contributed by atoms with van der Waals surface area (Å²) in [7, 11) is 1.35. The summed E-state index contributed by atoms with van der Waals surface area (Å²) < 4.78 is 4.86. The van der Waals surface area contributed by atoms with Crippen LogP contribution in [0.4, 0.5) is 9.80 Å². The molecule has 0 saturated carbocycles. The molecule has 0 spiro atoms. The van der Waals surface area contributed by atoms with E-state index in [-0.39, 0.29) is 6.03 Å². The van der Waals surface area contributed by atoms with Crippen LogP contribution in [0.3, 0.4) is 0 Å². The molecule has 2 heterocycles. The number of pyridine rings is 1. The number of esters is 1. The summed E-state index contributed by atoms with van der Waals surface area (Å²) >= 11 is 1.46. The van der Waals surface area contributed by atoms with Gasteiger partial charge in [0, 0.05) is 23.8 Å². The maximum atomic E-state index is 12.1. The van der Waals surface area contributed by atoms with E-state index in [1.54, 1.807) is 12.4 Å². The summed E-state index contributed by atoms with van der Waals surface area (Å²) in [6.45, 7) is 0.373. The molecule has 3 rings (SSSR count). The summed E-state index contributed by atoms with van der Waals surface area (Å²) in [6, 6.07) is 3.35. The maximum Gasteiger partial charge on any atom is 0.341 e. The van der Waals surface area contributed by atoms with E-state index in [0.29, 0.717) is 17.1 Å². The van der Waals surface area contributed by atoms with Gasteiger partial charge in [-0.1, -0.05) is 6.07 Å². The second-order valence-corrected chi connectivity index (χ2v) is 6.33. The highest BCUT2D eigenvalue weighted by atomic mass is 32.1. The SMILES string of the molecule is COC(=O)c1c(NC(=O)NCc2cccnc2)sc2c1CCC2. The highest BCUT2D eigenvalue weighted by Gasteiger charge is 2.27. The number of carbonyl (C=O) groups is 2. The molecule has 7 heteroatoms. The monoisotopic (exact) mass is 331 g/mol.